The third-order valence-electron chi connectivity index (χ3n) is 4.51. The molecule has 1 aromatic carbocycles. The molecule has 3 rings (SSSR count). The first-order valence-electron chi connectivity index (χ1n) is 8.49. The molecule has 0 aromatic heterocycles. The Morgan fingerprint density at radius 2 is 1.84 bits per heavy atom. The van der Waals surface area contributed by atoms with E-state index in [4.69, 9.17) is 9.47 Å². The SMILES string of the molecule is CC(C)(C)OC(=O)N1C(=O)C2(CC2)C[C@H]1C(=O)OCc1ccccc1. The van der Waals surface area contributed by atoms with Gasteiger partial charge in [0.25, 0.3) is 0 Å². The summed E-state index contributed by atoms with van der Waals surface area (Å²) < 4.78 is 10.7. The lowest BCUT2D eigenvalue weighted by Gasteiger charge is -2.26. The van der Waals surface area contributed by atoms with Gasteiger partial charge in [-0.3, -0.25) is 4.79 Å². The van der Waals surface area contributed by atoms with E-state index in [1.165, 1.54) is 0 Å². The van der Waals surface area contributed by atoms with Gasteiger partial charge in [-0.05, 0) is 45.6 Å². The minimum absolute atomic E-state index is 0.111. The lowest BCUT2D eigenvalue weighted by molar-refractivity contribution is -0.152. The van der Waals surface area contributed by atoms with Crippen LogP contribution in [-0.2, 0) is 25.7 Å². The van der Waals surface area contributed by atoms with E-state index in [9.17, 15) is 14.4 Å². The first-order chi connectivity index (χ1) is 11.7. The molecule has 6 heteroatoms. The van der Waals surface area contributed by atoms with Crippen molar-refractivity contribution in [3.8, 4) is 0 Å². The minimum Gasteiger partial charge on any atom is -0.459 e. The van der Waals surface area contributed by atoms with Crippen molar-refractivity contribution in [3.63, 3.8) is 0 Å². The Balaban J connectivity index is 1.72. The molecule has 6 nitrogen and oxygen atoms in total. The molecule has 1 saturated carbocycles. The van der Waals surface area contributed by atoms with Crippen LogP contribution < -0.4 is 0 Å². The van der Waals surface area contributed by atoms with Crippen molar-refractivity contribution in [1.82, 2.24) is 4.90 Å². The highest BCUT2D eigenvalue weighted by atomic mass is 16.6. The normalized spacial score (nSPS) is 21.3. The van der Waals surface area contributed by atoms with Crippen LogP contribution in [0.25, 0.3) is 0 Å². The number of nitrogens with zero attached hydrogens (tertiary/aromatic N) is 1. The summed E-state index contributed by atoms with van der Waals surface area (Å²) in [6.45, 7) is 5.28. The molecule has 0 bridgehead atoms. The van der Waals surface area contributed by atoms with Crippen molar-refractivity contribution in [3.05, 3.63) is 35.9 Å². The molecule has 1 aromatic rings. The summed E-state index contributed by atoms with van der Waals surface area (Å²) in [5.74, 6) is -0.879. The molecule has 2 aliphatic rings. The fourth-order valence-electron chi connectivity index (χ4n) is 3.05. The van der Waals surface area contributed by atoms with Crippen LogP contribution in [0.15, 0.2) is 30.3 Å². The third kappa shape index (κ3) is 3.67. The van der Waals surface area contributed by atoms with E-state index in [2.05, 4.69) is 0 Å². The number of hydrogen-bond acceptors (Lipinski definition) is 5. The quantitative estimate of drug-likeness (QED) is 0.787. The second-order valence-electron chi connectivity index (χ2n) is 7.75. The molecule has 25 heavy (non-hydrogen) atoms. The lowest BCUT2D eigenvalue weighted by Crippen LogP contribution is -2.46. The molecule has 0 radical (unpaired) electrons. The molecule has 1 heterocycles. The number of carbonyl (C=O) groups excluding carboxylic acids is 3. The summed E-state index contributed by atoms with van der Waals surface area (Å²) >= 11 is 0. The molecular formula is C19H23NO5. The highest BCUT2D eigenvalue weighted by Gasteiger charge is 2.63. The summed E-state index contributed by atoms with van der Waals surface area (Å²) in [7, 11) is 0. The number of imide groups is 1. The summed E-state index contributed by atoms with van der Waals surface area (Å²) in [6, 6.07) is 8.38. The van der Waals surface area contributed by atoms with Gasteiger partial charge in [0.05, 0.1) is 5.41 Å². The topological polar surface area (TPSA) is 72.9 Å². The maximum Gasteiger partial charge on any atom is 0.417 e. The zero-order valence-corrected chi connectivity index (χ0v) is 14.8. The highest BCUT2D eigenvalue weighted by Crippen LogP contribution is 2.56. The Bertz CT molecular complexity index is 688. The van der Waals surface area contributed by atoms with Gasteiger partial charge in [0, 0.05) is 0 Å². The fourth-order valence-corrected chi connectivity index (χ4v) is 3.05. The third-order valence-corrected chi connectivity index (χ3v) is 4.51. The Labute approximate surface area is 147 Å². The standard InChI is InChI=1S/C19H23NO5/c1-18(2,3)25-17(23)20-14(11-19(9-10-19)16(20)22)15(21)24-12-13-7-5-4-6-8-13/h4-8,14H,9-12H2,1-3H3/t14-/m0/s1. The highest BCUT2D eigenvalue weighted by molar-refractivity contribution is 6.03. The Morgan fingerprint density at radius 1 is 1.20 bits per heavy atom. The van der Waals surface area contributed by atoms with Gasteiger partial charge < -0.3 is 9.47 Å². The molecule has 134 valence electrons. The molecule has 0 N–H and O–H groups in total. The number of benzene rings is 1. The largest absolute Gasteiger partial charge is 0.459 e. The number of carbonyl (C=O) groups is 3. The van der Waals surface area contributed by atoms with E-state index < -0.39 is 29.1 Å². The van der Waals surface area contributed by atoms with Crippen molar-refractivity contribution in [2.75, 3.05) is 0 Å². The summed E-state index contributed by atoms with van der Waals surface area (Å²) in [6.07, 6.45) is 0.947. The monoisotopic (exact) mass is 345 g/mol. The van der Waals surface area contributed by atoms with E-state index >= 15 is 0 Å². The number of esters is 1. The molecule has 1 saturated heterocycles. The molecular weight excluding hydrogens is 322 g/mol. The maximum absolute atomic E-state index is 12.6. The summed E-state index contributed by atoms with van der Waals surface area (Å²) in [5, 5.41) is 0. The van der Waals surface area contributed by atoms with Gasteiger partial charge in [0.1, 0.15) is 18.2 Å². The predicted molar refractivity (Wildman–Crippen MR) is 89.4 cm³/mol. The maximum atomic E-state index is 12.6. The van der Waals surface area contributed by atoms with Gasteiger partial charge in [-0.15, -0.1) is 0 Å². The number of ether oxygens (including phenoxy) is 2. The minimum atomic E-state index is -0.909. The molecule has 2 fully saturated rings. The molecule has 1 aliphatic heterocycles. The van der Waals surface area contributed by atoms with E-state index in [1.54, 1.807) is 20.8 Å². The van der Waals surface area contributed by atoms with Crippen LogP contribution in [0.3, 0.4) is 0 Å². The van der Waals surface area contributed by atoms with Crippen LogP contribution in [0.2, 0.25) is 0 Å². The number of hydrogen-bond donors (Lipinski definition) is 0. The van der Waals surface area contributed by atoms with Gasteiger partial charge in [-0.25, -0.2) is 14.5 Å². The summed E-state index contributed by atoms with van der Waals surface area (Å²) in [5.41, 5.74) is -0.465. The summed E-state index contributed by atoms with van der Waals surface area (Å²) in [4.78, 5) is 38.6. The average Bonchev–Trinajstić information content (AvgIpc) is 3.25. The van der Waals surface area contributed by atoms with Gasteiger partial charge in [-0.2, -0.15) is 0 Å². The molecule has 1 atom stereocenters. The van der Waals surface area contributed by atoms with Crippen LogP contribution in [0.4, 0.5) is 4.79 Å². The average molecular weight is 345 g/mol. The van der Waals surface area contributed by atoms with Gasteiger partial charge >= 0.3 is 12.1 Å². The molecule has 1 spiro atoms. The first kappa shape index (κ1) is 17.5. The predicted octanol–water partition coefficient (Wildman–Crippen LogP) is 3.05. The van der Waals surface area contributed by atoms with Crippen LogP contribution >= 0.6 is 0 Å². The number of amides is 2. The van der Waals surface area contributed by atoms with Crippen molar-refractivity contribution in [2.45, 2.75) is 58.3 Å². The van der Waals surface area contributed by atoms with Crippen molar-refractivity contribution in [1.29, 1.82) is 0 Å². The van der Waals surface area contributed by atoms with E-state index in [1.807, 2.05) is 30.3 Å². The Kier molecular flexibility index (Phi) is 4.31. The van der Waals surface area contributed by atoms with E-state index in [0.29, 0.717) is 19.3 Å². The Morgan fingerprint density at radius 3 is 2.40 bits per heavy atom. The van der Waals surface area contributed by atoms with E-state index in [0.717, 1.165) is 10.5 Å². The number of rotatable bonds is 3. The Hall–Kier alpha value is -2.37. The van der Waals surface area contributed by atoms with Crippen LogP contribution in [0, 0.1) is 5.41 Å². The second kappa shape index (κ2) is 6.17. The van der Waals surface area contributed by atoms with Crippen LogP contribution in [0.1, 0.15) is 45.6 Å². The van der Waals surface area contributed by atoms with Gasteiger partial charge in [-0.1, -0.05) is 30.3 Å². The lowest BCUT2D eigenvalue weighted by atomic mass is 10.0. The van der Waals surface area contributed by atoms with Crippen molar-refractivity contribution < 1.29 is 23.9 Å². The molecule has 0 unspecified atom stereocenters. The zero-order valence-electron chi connectivity index (χ0n) is 14.8. The van der Waals surface area contributed by atoms with Crippen LogP contribution in [0.5, 0.6) is 0 Å². The molecule has 1 aliphatic carbocycles. The molecule has 2 amide bonds. The number of likely N-dealkylation sites (tertiary alicyclic amines) is 1. The van der Waals surface area contributed by atoms with Gasteiger partial charge in [0.15, 0.2) is 0 Å². The second-order valence-corrected chi connectivity index (χ2v) is 7.75. The van der Waals surface area contributed by atoms with Crippen molar-refractivity contribution >= 4 is 18.0 Å². The smallest absolute Gasteiger partial charge is 0.417 e. The van der Waals surface area contributed by atoms with Gasteiger partial charge in [0.2, 0.25) is 5.91 Å². The first-order valence-corrected chi connectivity index (χ1v) is 8.49. The fraction of sp³-hybridized carbons (Fsp3) is 0.526. The van der Waals surface area contributed by atoms with Crippen LogP contribution in [-0.4, -0.2) is 34.5 Å². The zero-order chi connectivity index (χ0) is 18.2. The van der Waals surface area contributed by atoms with Crippen molar-refractivity contribution in [2.24, 2.45) is 5.41 Å². The van der Waals surface area contributed by atoms with E-state index in [-0.39, 0.29) is 12.5 Å².